The first-order chi connectivity index (χ1) is 10.1. The van der Waals surface area contributed by atoms with Gasteiger partial charge in [-0.25, -0.2) is 0 Å². The van der Waals surface area contributed by atoms with Crippen LogP contribution in [0.2, 0.25) is 5.02 Å². The molecule has 0 aliphatic carbocycles. The number of thioether (sulfide) groups is 2. The molecule has 4 nitrogen and oxygen atoms in total. The molecule has 0 fully saturated rings. The second-order valence-corrected chi connectivity index (χ2v) is 8.21. The summed E-state index contributed by atoms with van der Waals surface area (Å²) in [4.78, 5) is 12.0. The molecule has 0 saturated carbocycles. The number of aromatic nitrogens is 2. The van der Waals surface area contributed by atoms with Crippen molar-refractivity contribution in [2.24, 2.45) is 0 Å². The third-order valence-electron chi connectivity index (χ3n) is 2.46. The number of amides is 1. The van der Waals surface area contributed by atoms with Crippen LogP contribution in [0.15, 0.2) is 26.9 Å². The minimum Gasteiger partial charge on any atom is -0.325 e. The van der Waals surface area contributed by atoms with Crippen molar-refractivity contribution < 1.29 is 4.79 Å². The summed E-state index contributed by atoms with van der Waals surface area (Å²) in [5.41, 5.74) is 1.72. The van der Waals surface area contributed by atoms with Crippen LogP contribution in [0.25, 0.3) is 0 Å². The lowest BCUT2D eigenvalue weighted by molar-refractivity contribution is -0.113. The fraction of sp³-hybridized carbons (Fsp3) is 0.308. The number of halogens is 1. The number of benzene rings is 1. The van der Waals surface area contributed by atoms with Crippen LogP contribution in [0.3, 0.4) is 0 Å². The van der Waals surface area contributed by atoms with E-state index in [1.54, 1.807) is 23.9 Å². The lowest BCUT2D eigenvalue weighted by Crippen LogP contribution is -2.14. The Hall–Kier alpha value is -0.760. The molecule has 0 aliphatic rings. The molecular weight excluding hydrogens is 346 g/mol. The molecule has 1 aromatic carbocycles. The number of nitrogens with zero attached hydrogens (tertiary/aromatic N) is 2. The molecule has 0 saturated heterocycles. The molecule has 0 radical (unpaired) electrons. The van der Waals surface area contributed by atoms with E-state index >= 15 is 0 Å². The van der Waals surface area contributed by atoms with Crippen molar-refractivity contribution in [3.8, 4) is 0 Å². The number of carbonyl (C=O) groups is 1. The Balaban J connectivity index is 1.88. The van der Waals surface area contributed by atoms with Crippen LogP contribution in [0, 0.1) is 6.92 Å². The summed E-state index contributed by atoms with van der Waals surface area (Å²) in [6.07, 6.45) is 0. The number of anilines is 1. The van der Waals surface area contributed by atoms with Crippen molar-refractivity contribution in [1.82, 2.24) is 10.2 Å². The first-order valence-electron chi connectivity index (χ1n) is 6.23. The Labute approximate surface area is 141 Å². The summed E-state index contributed by atoms with van der Waals surface area (Å²) in [5.74, 6) is 1.19. The maximum absolute atomic E-state index is 12.0. The lowest BCUT2D eigenvalue weighted by atomic mass is 10.2. The monoisotopic (exact) mass is 359 g/mol. The van der Waals surface area contributed by atoms with Crippen molar-refractivity contribution >= 4 is 58.1 Å². The van der Waals surface area contributed by atoms with E-state index in [0.717, 1.165) is 25.7 Å². The summed E-state index contributed by atoms with van der Waals surface area (Å²) in [5, 5.41) is 11.6. The van der Waals surface area contributed by atoms with Crippen LogP contribution in [0.1, 0.15) is 12.5 Å². The van der Waals surface area contributed by atoms with Crippen molar-refractivity contribution in [2.45, 2.75) is 22.5 Å². The van der Waals surface area contributed by atoms with Crippen LogP contribution in [0.5, 0.6) is 0 Å². The summed E-state index contributed by atoms with van der Waals surface area (Å²) >= 11 is 10.5. The predicted octanol–water partition coefficient (Wildman–Crippen LogP) is 4.34. The molecule has 112 valence electrons. The summed E-state index contributed by atoms with van der Waals surface area (Å²) in [6.45, 7) is 4.00. The Bertz CT molecular complexity index is 633. The highest BCUT2D eigenvalue weighted by Gasteiger charge is 2.09. The fourth-order valence-electron chi connectivity index (χ4n) is 1.48. The fourth-order valence-corrected chi connectivity index (χ4v) is 4.37. The van der Waals surface area contributed by atoms with E-state index in [0.29, 0.717) is 10.8 Å². The molecule has 1 amide bonds. The maximum Gasteiger partial charge on any atom is 0.234 e. The minimum atomic E-state index is -0.0785. The maximum atomic E-state index is 12.0. The lowest BCUT2D eigenvalue weighted by Gasteiger charge is -2.07. The Kier molecular flexibility index (Phi) is 6.35. The summed E-state index contributed by atoms with van der Waals surface area (Å²) in [6, 6.07) is 5.43. The minimum absolute atomic E-state index is 0.0785. The van der Waals surface area contributed by atoms with Gasteiger partial charge in [0.25, 0.3) is 0 Å². The molecular formula is C13H14ClN3OS3. The molecule has 2 aromatic rings. The van der Waals surface area contributed by atoms with Gasteiger partial charge in [-0.1, -0.05) is 59.5 Å². The number of hydrogen-bond acceptors (Lipinski definition) is 6. The van der Waals surface area contributed by atoms with Gasteiger partial charge in [-0.3, -0.25) is 4.79 Å². The highest BCUT2D eigenvalue weighted by molar-refractivity contribution is 8.03. The zero-order valence-electron chi connectivity index (χ0n) is 11.6. The van der Waals surface area contributed by atoms with Crippen LogP contribution in [0.4, 0.5) is 5.69 Å². The van der Waals surface area contributed by atoms with E-state index in [1.807, 2.05) is 13.0 Å². The van der Waals surface area contributed by atoms with Crippen LogP contribution < -0.4 is 5.32 Å². The Morgan fingerprint density at radius 3 is 2.76 bits per heavy atom. The van der Waals surface area contributed by atoms with Crippen LogP contribution >= 0.6 is 46.5 Å². The zero-order valence-corrected chi connectivity index (χ0v) is 14.8. The number of nitrogens with one attached hydrogen (secondary N) is 1. The highest BCUT2D eigenvalue weighted by atomic mass is 35.5. The zero-order chi connectivity index (χ0) is 15.2. The number of rotatable bonds is 6. The van der Waals surface area contributed by atoms with E-state index in [2.05, 4.69) is 22.4 Å². The average molecular weight is 360 g/mol. The molecule has 0 bridgehead atoms. The van der Waals surface area contributed by atoms with Gasteiger partial charge in [0, 0.05) is 10.7 Å². The summed E-state index contributed by atoms with van der Waals surface area (Å²) < 4.78 is 1.75. The number of hydrogen-bond donors (Lipinski definition) is 1. The van der Waals surface area contributed by atoms with Gasteiger partial charge in [0.15, 0.2) is 8.68 Å². The Morgan fingerprint density at radius 1 is 1.33 bits per heavy atom. The predicted molar refractivity (Wildman–Crippen MR) is 91.8 cm³/mol. The Morgan fingerprint density at radius 2 is 2.05 bits per heavy atom. The second-order valence-electron chi connectivity index (χ2n) is 4.06. The van der Waals surface area contributed by atoms with Gasteiger partial charge in [-0.05, 0) is 30.4 Å². The van der Waals surface area contributed by atoms with E-state index < -0.39 is 0 Å². The van der Waals surface area contributed by atoms with E-state index in [9.17, 15) is 4.79 Å². The molecule has 1 aromatic heterocycles. The van der Waals surface area contributed by atoms with Gasteiger partial charge in [-0.15, -0.1) is 10.2 Å². The first-order valence-corrected chi connectivity index (χ1v) is 9.40. The third-order valence-corrected chi connectivity index (χ3v) is 5.76. The largest absolute Gasteiger partial charge is 0.325 e. The van der Waals surface area contributed by atoms with E-state index in [4.69, 9.17) is 11.6 Å². The normalized spacial score (nSPS) is 10.6. The van der Waals surface area contributed by atoms with Gasteiger partial charge in [0.05, 0.1) is 5.75 Å². The van der Waals surface area contributed by atoms with E-state index in [-0.39, 0.29) is 5.91 Å². The van der Waals surface area contributed by atoms with Gasteiger partial charge in [0.2, 0.25) is 5.91 Å². The third kappa shape index (κ3) is 5.18. The molecule has 8 heteroatoms. The van der Waals surface area contributed by atoms with Crippen LogP contribution in [-0.4, -0.2) is 27.6 Å². The van der Waals surface area contributed by atoms with Gasteiger partial charge in [0.1, 0.15) is 0 Å². The van der Waals surface area contributed by atoms with Gasteiger partial charge >= 0.3 is 0 Å². The standard InChI is InChI=1S/C13H14ClN3OS3/c1-3-19-12-16-17-13(21-12)20-7-11(18)15-10-6-9(14)5-4-8(10)2/h4-6H,3,7H2,1-2H3,(H,15,18). The number of carbonyl (C=O) groups excluding carboxylic acids is 1. The topological polar surface area (TPSA) is 54.9 Å². The number of aryl methyl sites for hydroxylation is 1. The van der Waals surface area contributed by atoms with Crippen molar-refractivity contribution in [3.63, 3.8) is 0 Å². The molecule has 0 unspecified atom stereocenters. The molecule has 0 atom stereocenters. The average Bonchev–Trinajstić information content (AvgIpc) is 2.89. The van der Waals surface area contributed by atoms with Gasteiger partial charge in [-0.2, -0.15) is 0 Å². The molecule has 21 heavy (non-hydrogen) atoms. The van der Waals surface area contributed by atoms with E-state index in [1.165, 1.54) is 23.1 Å². The first kappa shape index (κ1) is 16.6. The van der Waals surface area contributed by atoms with Crippen molar-refractivity contribution in [2.75, 3.05) is 16.8 Å². The molecule has 0 aliphatic heterocycles. The van der Waals surface area contributed by atoms with Crippen molar-refractivity contribution in [1.29, 1.82) is 0 Å². The summed E-state index contributed by atoms with van der Waals surface area (Å²) in [7, 11) is 0. The second kappa shape index (κ2) is 8.03. The highest BCUT2D eigenvalue weighted by Crippen LogP contribution is 2.28. The van der Waals surface area contributed by atoms with Crippen LogP contribution in [-0.2, 0) is 4.79 Å². The SMILES string of the molecule is CCSc1nnc(SCC(=O)Nc2cc(Cl)ccc2C)s1. The van der Waals surface area contributed by atoms with Gasteiger partial charge < -0.3 is 5.32 Å². The van der Waals surface area contributed by atoms with Crippen molar-refractivity contribution in [3.05, 3.63) is 28.8 Å². The molecule has 1 heterocycles. The molecule has 0 spiro atoms. The smallest absolute Gasteiger partial charge is 0.234 e. The molecule has 1 N–H and O–H groups in total. The quantitative estimate of drug-likeness (QED) is 0.777. The molecule has 2 rings (SSSR count).